The van der Waals surface area contributed by atoms with Crippen molar-refractivity contribution in [1.29, 1.82) is 0 Å². The summed E-state index contributed by atoms with van der Waals surface area (Å²) < 4.78 is 0. The zero-order chi connectivity index (χ0) is 11.5. The molecule has 0 unspecified atom stereocenters. The predicted molar refractivity (Wildman–Crippen MR) is 66.9 cm³/mol. The first-order valence-corrected chi connectivity index (χ1v) is 5.72. The summed E-state index contributed by atoms with van der Waals surface area (Å²) in [5.41, 5.74) is 1.66. The van der Waals surface area contributed by atoms with Gasteiger partial charge in [-0.3, -0.25) is 0 Å². The number of hydrogen-bond donors (Lipinski definition) is 1. The van der Waals surface area contributed by atoms with Crippen LogP contribution in [0.25, 0.3) is 0 Å². The fourth-order valence-electron chi connectivity index (χ4n) is 1.46. The first kappa shape index (κ1) is 12.3. The van der Waals surface area contributed by atoms with Crippen LogP contribution in [0.3, 0.4) is 0 Å². The molecule has 1 aromatic carbocycles. The monoisotopic (exact) mass is 205 g/mol. The second kappa shape index (κ2) is 4.80. The van der Waals surface area contributed by atoms with E-state index in [1.807, 2.05) is 0 Å². The Kier molecular flexibility index (Phi) is 3.92. The maximum Gasteiger partial charge on any atom is 0.0294 e. The van der Waals surface area contributed by atoms with Gasteiger partial charge in [0.15, 0.2) is 0 Å². The molecule has 0 bridgehead atoms. The van der Waals surface area contributed by atoms with Crippen LogP contribution in [0.15, 0.2) is 30.3 Å². The van der Waals surface area contributed by atoms with Gasteiger partial charge in [0.25, 0.3) is 0 Å². The van der Waals surface area contributed by atoms with Gasteiger partial charge in [-0.15, -0.1) is 0 Å². The van der Waals surface area contributed by atoms with Crippen molar-refractivity contribution in [3.63, 3.8) is 0 Å². The molecule has 1 rings (SSSR count). The summed E-state index contributed by atoms with van der Waals surface area (Å²) in [5, 5.41) is 3.64. The Morgan fingerprint density at radius 1 is 1.00 bits per heavy atom. The molecule has 84 valence electrons. The lowest BCUT2D eigenvalue weighted by Crippen LogP contribution is -2.39. The van der Waals surface area contributed by atoms with Crippen molar-refractivity contribution in [1.82, 2.24) is 5.32 Å². The molecule has 0 aliphatic heterocycles. The third-order valence-corrected chi connectivity index (χ3v) is 3.10. The molecule has 0 aliphatic rings. The Hall–Kier alpha value is -0.820. The number of hydrogen-bond acceptors (Lipinski definition) is 1. The maximum absolute atomic E-state index is 3.64. The molecular weight excluding hydrogens is 182 g/mol. The average Bonchev–Trinajstić information content (AvgIpc) is 2.17. The highest BCUT2D eigenvalue weighted by Gasteiger charge is 2.21. The van der Waals surface area contributed by atoms with E-state index in [1.54, 1.807) is 0 Å². The average molecular weight is 205 g/mol. The molecule has 1 N–H and O–H groups in total. The summed E-state index contributed by atoms with van der Waals surface area (Å²) in [5.74, 6) is 0. The van der Waals surface area contributed by atoms with Gasteiger partial charge in [-0.05, 0) is 24.8 Å². The lowest BCUT2D eigenvalue weighted by atomic mass is 9.87. The van der Waals surface area contributed by atoms with Crippen LogP contribution in [0.4, 0.5) is 0 Å². The molecule has 0 aromatic heterocycles. The zero-order valence-corrected chi connectivity index (χ0v) is 10.5. The first-order chi connectivity index (χ1) is 6.91. The van der Waals surface area contributed by atoms with Crippen LogP contribution in [0.1, 0.15) is 46.2 Å². The molecule has 1 aromatic rings. The quantitative estimate of drug-likeness (QED) is 0.792. The molecule has 0 radical (unpaired) electrons. The van der Waals surface area contributed by atoms with Gasteiger partial charge in [0.05, 0.1) is 0 Å². The number of rotatable bonds is 3. The Morgan fingerprint density at radius 3 is 2.00 bits per heavy atom. The molecule has 0 saturated heterocycles. The second-order valence-electron chi connectivity index (χ2n) is 5.39. The van der Waals surface area contributed by atoms with Crippen molar-refractivity contribution in [3.05, 3.63) is 35.9 Å². The van der Waals surface area contributed by atoms with Gasteiger partial charge in [-0.1, -0.05) is 51.1 Å². The third kappa shape index (κ3) is 3.67. The Balaban J connectivity index is 2.61. The van der Waals surface area contributed by atoms with Gasteiger partial charge in [0.1, 0.15) is 0 Å². The van der Waals surface area contributed by atoms with Gasteiger partial charge in [-0.2, -0.15) is 0 Å². The Labute approximate surface area is 93.9 Å². The van der Waals surface area contributed by atoms with E-state index in [0.717, 1.165) is 0 Å². The van der Waals surface area contributed by atoms with Crippen LogP contribution in [-0.4, -0.2) is 6.04 Å². The molecule has 0 aliphatic carbocycles. The lowest BCUT2D eigenvalue weighted by Gasteiger charge is -2.31. The van der Waals surface area contributed by atoms with E-state index in [-0.39, 0.29) is 0 Å². The van der Waals surface area contributed by atoms with E-state index in [9.17, 15) is 0 Å². The molecule has 0 fully saturated rings. The Morgan fingerprint density at radius 2 is 1.53 bits per heavy atom. The van der Waals surface area contributed by atoms with Gasteiger partial charge < -0.3 is 5.32 Å². The molecule has 1 nitrogen and oxygen atoms in total. The second-order valence-corrected chi connectivity index (χ2v) is 5.39. The summed E-state index contributed by atoms with van der Waals surface area (Å²) in [4.78, 5) is 0. The SMILES string of the molecule is C[C@H](N[C@@H](C)C(C)(C)C)c1ccccc1. The van der Waals surface area contributed by atoms with Crippen molar-refractivity contribution < 1.29 is 0 Å². The van der Waals surface area contributed by atoms with Gasteiger partial charge in [-0.25, -0.2) is 0 Å². The normalized spacial score (nSPS) is 16.1. The first-order valence-electron chi connectivity index (χ1n) is 5.72. The van der Waals surface area contributed by atoms with E-state index in [2.05, 4.69) is 70.3 Å². The maximum atomic E-state index is 3.64. The van der Waals surface area contributed by atoms with Crippen molar-refractivity contribution >= 4 is 0 Å². The molecule has 0 saturated carbocycles. The minimum absolute atomic E-state index is 0.309. The van der Waals surface area contributed by atoms with Crippen LogP contribution in [0.2, 0.25) is 0 Å². The smallest absolute Gasteiger partial charge is 0.0294 e. The van der Waals surface area contributed by atoms with Crippen LogP contribution >= 0.6 is 0 Å². The molecular formula is C14H23N. The summed E-state index contributed by atoms with van der Waals surface area (Å²) in [7, 11) is 0. The fourth-order valence-corrected chi connectivity index (χ4v) is 1.46. The topological polar surface area (TPSA) is 12.0 Å². The van der Waals surface area contributed by atoms with Crippen LogP contribution in [0.5, 0.6) is 0 Å². The van der Waals surface area contributed by atoms with Gasteiger partial charge in [0, 0.05) is 12.1 Å². The van der Waals surface area contributed by atoms with Crippen molar-refractivity contribution in [2.75, 3.05) is 0 Å². The summed E-state index contributed by atoms with van der Waals surface area (Å²) in [6.45, 7) is 11.3. The number of nitrogens with one attached hydrogen (secondary N) is 1. The molecule has 15 heavy (non-hydrogen) atoms. The lowest BCUT2D eigenvalue weighted by molar-refractivity contribution is 0.268. The van der Waals surface area contributed by atoms with Crippen LogP contribution < -0.4 is 5.32 Å². The summed E-state index contributed by atoms with van der Waals surface area (Å²) in [6, 6.07) is 11.5. The van der Waals surface area contributed by atoms with Crippen molar-refractivity contribution in [3.8, 4) is 0 Å². The van der Waals surface area contributed by atoms with E-state index in [4.69, 9.17) is 0 Å². The standard InChI is InChI=1S/C14H23N/c1-11(13-9-7-6-8-10-13)15-12(2)14(3,4)5/h6-12,15H,1-5H3/t11-,12-/m0/s1. The van der Waals surface area contributed by atoms with E-state index < -0.39 is 0 Å². The molecule has 1 heteroatoms. The van der Waals surface area contributed by atoms with E-state index >= 15 is 0 Å². The van der Waals surface area contributed by atoms with Crippen molar-refractivity contribution in [2.45, 2.75) is 46.7 Å². The van der Waals surface area contributed by atoms with Crippen LogP contribution in [-0.2, 0) is 0 Å². The fraction of sp³-hybridized carbons (Fsp3) is 0.571. The molecule has 0 amide bonds. The Bertz CT molecular complexity index is 284. The summed E-state index contributed by atoms with van der Waals surface area (Å²) >= 11 is 0. The van der Waals surface area contributed by atoms with Crippen LogP contribution in [0, 0.1) is 5.41 Å². The molecule has 0 spiro atoms. The highest BCUT2D eigenvalue weighted by Crippen LogP contribution is 2.22. The third-order valence-electron chi connectivity index (χ3n) is 3.10. The van der Waals surface area contributed by atoms with Gasteiger partial charge >= 0.3 is 0 Å². The minimum Gasteiger partial charge on any atom is -0.307 e. The number of benzene rings is 1. The largest absolute Gasteiger partial charge is 0.307 e. The van der Waals surface area contributed by atoms with Crippen molar-refractivity contribution in [2.24, 2.45) is 5.41 Å². The predicted octanol–water partition coefficient (Wildman–Crippen LogP) is 3.77. The highest BCUT2D eigenvalue weighted by molar-refractivity contribution is 5.18. The molecule has 2 atom stereocenters. The zero-order valence-electron chi connectivity index (χ0n) is 10.5. The van der Waals surface area contributed by atoms with E-state index in [1.165, 1.54) is 5.56 Å². The molecule has 0 heterocycles. The highest BCUT2D eigenvalue weighted by atomic mass is 15.0. The van der Waals surface area contributed by atoms with E-state index in [0.29, 0.717) is 17.5 Å². The summed E-state index contributed by atoms with van der Waals surface area (Å²) in [6.07, 6.45) is 0. The minimum atomic E-state index is 0.309. The van der Waals surface area contributed by atoms with Gasteiger partial charge in [0.2, 0.25) is 0 Å².